The zero-order chi connectivity index (χ0) is 25.0. The van der Waals surface area contributed by atoms with Crippen LogP contribution in [0.2, 0.25) is 0 Å². The Hall–Kier alpha value is -4.63. The van der Waals surface area contributed by atoms with E-state index in [1.54, 1.807) is 24.3 Å². The topological polar surface area (TPSA) is 140 Å². The number of rotatable bonds is 6. The minimum absolute atomic E-state index is 0.0811. The Morgan fingerprint density at radius 3 is 1.29 bits per heavy atom. The number of hydrogen-bond acceptors (Lipinski definition) is 8. The van der Waals surface area contributed by atoms with Crippen molar-refractivity contribution in [1.29, 1.82) is 0 Å². The molecule has 176 valence electrons. The van der Waals surface area contributed by atoms with Gasteiger partial charge >= 0.3 is 0 Å². The summed E-state index contributed by atoms with van der Waals surface area (Å²) in [5.74, 6) is -1.10. The van der Waals surface area contributed by atoms with Crippen LogP contribution in [0.25, 0.3) is 0 Å². The quantitative estimate of drug-likeness (QED) is 0.226. The van der Waals surface area contributed by atoms with E-state index in [0.717, 1.165) is 0 Å². The van der Waals surface area contributed by atoms with Crippen molar-refractivity contribution in [3.63, 3.8) is 0 Å². The Labute approximate surface area is 201 Å². The maximum atomic E-state index is 13.0. The number of phenols is 4. The molecule has 4 aromatic rings. The van der Waals surface area contributed by atoms with Crippen molar-refractivity contribution in [2.75, 3.05) is 0 Å². The van der Waals surface area contributed by atoms with Crippen LogP contribution >= 0.6 is 0 Å². The summed E-state index contributed by atoms with van der Waals surface area (Å²) in [4.78, 5) is 8.57. The third kappa shape index (κ3) is 5.15. The van der Waals surface area contributed by atoms with Crippen molar-refractivity contribution in [1.82, 2.24) is 0 Å². The molecule has 0 heterocycles. The largest absolute Gasteiger partial charge is 0.504 e. The Bertz CT molecular complexity index is 1420. The highest BCUT2D eigenvalue weighted by Crippen LogP contribution is 2.29. The van der Waals surface area contributed by atoms with Crippen LogP contribution in [0, 0.1) is 0 Å². The summed E-state index contributed by atoms with van der Waals surface area (Å²) in [6, 6.07) is 20.9. The average Bonchev–Trinajstić information content (AvgIpc) is 2.86. The van der Waals surface area contributed by atoms with Gasteiger partial charge in [0.25, 0.3) is 0 Å². The summed E-state index contributed by atoms with van der Waals surface area (Å²) in [5.41, 5.74) is 1.57. The van der Waals surface area contributed by atoms with Gasteiger partial charge in [0.05, 0.1) is 21.2 Å². The summed E-state index contributed by atoms with van der Waals surface area (Å²) in [6.45, 7) is 0. The highest BCUT2D eigenvalue weighted by Gasteiger charge is 2.17. The molecule has 0 aliphatic heterocycles. The number of para-hydroxylation sites is 2. The molecule has 0 spiro atoms. The molecule has 0 atom stereocenters. The standard InChI is InChI=1S/C26H20N2O6S/c29-23-5-1-3-17(25(23)31)15-27-19-7-11-21(12-8-19)35(33,34)22-13-9-20(10-14-22)28-16-18-4-2-6-24(30)26(18)32/h1-16,29-32H. The minimum atomic E-state index is -3.78. The number of nitrogens with zero attached hydrogens (tertiary/aromatic N) is 2. The number of hydrogen-bond donors (Lipinski definition) is 4. The lowest BCUT2D eigenvalue weighted by atomic mass is 10.2. The molecule has 9 heteroatoms. The van der Waals surface area contributed by atoms with E-state index in [0.29, 0.717) is 22.5 Å². The molecule has 0 saturated heterocycles. The van der Waals surface area contributed by atoms with Crippen LogP contribution in [0.1, 0.15) is 11.1 Å². The van der Waals surface area contributed by atoms with Gasteiger partial charge < -0.3 is 20.4 Å². The SMILES string of the molecule is O=S(=O)(c1ccc(N=Cc2cccc(O)c2O)cc1)c1ccc(N=Cc2cccc(O)c2O)cc1. The van der Waals surface area contributed by atoms with Gasteiger partial charge in [0.2, 0.25) is 9.84 Å². The van der Waals surface area contributed by atoms with Gasteiger partial charge in [-0.25, -0.2) is 8.42 Å². The molecule has 4 N–H and O–H groups in total. The molecule has 0 aliphatic rings. The van der Waals surface area contributed by atoms with E-state index in [-0.39, 0.29) is 32.8 Å². The molecule has 35 heavy (non-hydrogen) atoms. The normalized spacial score (nSPS) is 11.9. The number of aromatic hydroxyl groups is 4. The molecule has 0 amide bonds. The smallest absolute Gasteiger partial charge is 0.206 e. The van der Waals surface area contributed by atoms with Crippen LogP contribution in [0.4, 0.5) is 11.4 Å². The molecule has 0 radical (unpaired) electrons. The van der Waals surface area contributed by atoms with Gasteiger partial charge in [-0.05, 0) is 72.8 Å². The summed E-state index contributed by atoms with van der Waals surface area (Å²) in [7, 11) is -3.78. The zero-order valence-corrected chi connectivity index (χ0v) is 19.0. The predicted molar refractivity (Wildman–Crippen MR) is 132 cm³/mol. The van der Waals surface area contributed by atoms with E-state index in [1.165, 1.54) is 73.1 Å². The second kappa shape index (κ2) is 9.70. The lowest BCUT2D eigenvalue weighted by molar-refractivity contribution is 0.403. The number of phenolic OH excluding ortho intramolecular Hbond substituents is 4. The fourth-order valence-electron chi connectivity index (χ4n) is 3.15. The first kappa shape index (κ1) is 23.5. The van der Waals surface area contributed by atoms with E-state index in [9.17, 15) is 28.8 Å². The molecule has 0 aromatic heterocycles. The van der Waals surface area contributed by atoms with Crippen LogP contribution in [0.5, 0.6) is 23.0 Å². The van der Waals surface area contributed by atoms with Crippen LogP contribution in [0.3, 0.4) is 0 Å². The second-order valence-corrected chi connectivity index (χ2v) is 9.39. The van der Waals surface area contributed by atoms with Crippen molar-refractivity contribution in [2.45, 2.75) is 9.79 Å². The van der Waals surface area contributed by atoms with Crippen molar-refractivity contribution in [2.24, 2.45) is 9.98 Å². The van der Waals surface area contributed by atoms with Crippen LogP contribution in [0.15, 0.2) is 105 Å². The Balaban J connectivity index is 1.50. The molecular weight excluding hydrogens is 468 g/mol. The minimum Gasteiger partial charge on any atom is -0.504 e. The summed E-state index contributed by atoms with van der Waals surface area (Å²) >= 11 is 0. The molecule has 4 aromatic carbocycles. The summed E-state index contributed by atoms with van der Waals surface area (Å²) < 4.78 is 26.0. The Morgan fingerprint density at radius 1 is 0.543 bits per heavy atom. The van der Waals surface area contributed by atoms with Crippen molar-refractivity contribution >= 4 is 33.6 Å². The fourth-order valence-corrected chi connectivity index (χ4v) is 4.41. The lowest BCUT2D eigenvalue weighted by Gasteiger charge is -2.06. The van der Waals surface area contributed by atoms with Gasteiger partial charge in [-0.15, -0.1) is 0 Å². The van der Waals surface area contributed by atoms with E-state index in [1.807, 2.05) is 0 Å². The van der Waals surface area contributed by atoms with Gasteiger partial charge in [-0.1, -0.05) is 12.1 Å². The molecular formula is C26H20N2O6S. The lowest BCUT2D eigenvalue weighted by Crippen LogP contribution is -2.01. The third-order valence-corrected chi connectivity index (χ3v) is 6.88. The Morgan fingerprint density at radius 2 is 0.914 bits per heavy atom. The fraction of sp³-hybridized carbons (Fsp3) is 0. The average molecular weight is 489 g/mol. The number of benzene rings is 4. The molecule has 4 rings (SSSR count). The van der Waals surface area contributed by atoms with Crippen LogP contribution in [-0.2, 0) is 9.84 Å². The number of aliphatic imine (C=N–C) groups is 2. The van der Waals surface area contributed by atoms with E-state index >= 15 is 0 Å². The first-order valence-electron chi connectivity index (χ1n) is 10.3. The second-order valence-electron chi connectivity index (χ2n) is 7.44. The van der Waals surface area contributed by atoms with Crippen LogP contribution < -0.4 is 0 Å². The Kier molecular flexibility index (Phi) is 6.52. The summed E-state index contributed by atoms with van der Waals surface area (Å²) in [5, 5.41) is 38.8. The van der Waals surface area contributed by atoms with Gasteiger partial charge in [-0.3, -0.25) is 9.98 Å². The highest BCUT2D eigenvalue weighted by atomic mass is 32.2. The maximum Gasteiger partial charge on any atom is 0.206 e. The molecule has 0 saturated carbocycles. The maximum absolute atomic E-state index is 13.0. The molecule has 0 fully saturated rings. The van der Waals surface area contributed by atoms with Crippen LogP contribution in [-0.4, -0.2) is 41.3 Å². The van der Waals surface area contributed by atoms with Crippen molar-refractivity contribution < 1.29 is 28.8 Å². The van der Waals surface area contributed by atoms with Gasteiger partial charge in [-0.2, -0.15) is 0 Å². The number of sulfone groups is 1. The zero-order valence-electron chi connectivity index (χ0n) is 18.1. The van der Waals surface area contributed by atoms with E-state index in [4.69, 9.17) is 0 Å². The molecule has 8 nitrogen and oxygen atoms in total. The van der Waals surface area contributed by atoms with Crippen molar-refractivity contribution in [3.8, 4) is 23.0 Å². The van der Waals surface area contributed by atoms with E-state index < -0.39 is 9.84 Å². The predicted octanol–water partition coefficient (Wildman–Crippen LogP) is 4.84. The van der Waals surface area contributed by atoms with Crippen molar-refractivity contribution in [3.05, 3.63) is 96.1 Å². The molecule has 0 bridgehead atoms. The summed E-state index contributed by atoms with van der Waals surface area (Å²) in [6.07, 6.45) is 2.74. The molecule has 0 aliphatic carbocycles. The first-order valence-corrected chi connectivity index (χ1v) is 11.8. The van der Waals surface area contributed by atoms with Gasteiger partial charge in [0.15, 0.2) is 23.0 Å². The van der Waals surface area contributed by atoms with Gasteiger partial charge in [0, 0.05) is 23.6 Å². The van der Waals surface area contributed by atoms with Gasteiger partial charge in [0.1, 0.15) is 0 Å². The first-order chi connectivity index (χ1) is 16.8. The molecule has 0 unspecified atom stereocenters. The highest BCUT2D eigenvalue weighted by molar-refractivity contribution is 7.91. The monoisotopic (exact) mass is 488 g/mol. The third-order valence-electron chi connectivity index (χ3n) is 5.09. The van der Waals surface area contributed by atoms with E-state index in [2.05, 4.69) is 9.98 Å².